The molecule has 1 spiro atoms. The van der Waals surface area contributed by atoms with Gasteiger partial charge in [-0.3, -0.25) is 4.57 Å². The van der Waals surface area contributed by atoms with Crippen molar-refractivity contribution in [2.75, 3.05) is 6.54 Å². The average Bonchev–Trinajstić information content (AvgIpc) is 2.85. The molecule has 104 valence electrons. The van der Waals surface area contributed by atoms with E-state index < -0.39 is 0 Å². The highest BCUT2D eigenvalue weighted by Gasteiger charge is 2.41. The molecule has 0 radical (unpaired) electrons. The van der Waals surface area contributed by atoms with Crippen molar-refractivity contribution in [2.24, 2.45) is 0 Å². The third kappa shape index (κ3) is 1.67. The number of aromatic nitrogens is 4. The van der Waals surface area contributed by atoms with Gasteiger partial charge in [0.15, 0.2) is 11.5 Å². The summed E-state index contributed by atoms with van der Waals surface area (Å²) in [6, 6.07) is 0. The Kier molecular flexibility index (Phi) is 2.72. The molecule has 2 aliphatic rings. The highest BCUT2D eigenvalue weighted by atomic mass is 35.5. The molecule has 1 N–H and O–H groups in total. The van der Waals surface area contributed by atoms with Crippen LogP contribution in [0.2, 0.25) is 5.28 Å². The molecule has 7 heteroatoms. The van der Waals surface area contributed by atoms with Crippen molar-refractivity contribution in [2.45, 2.75) is 37.6 Å². The fourth-order valence-electron chi connectivity index (χ4n) is 3.47. The van der Waals surface area contributed by atoms with Gasteiger partial charge in [-0.1, -0.05) is 31.5 Å². The second kappa shape index (κ2) is 4.36. The quantitative estimate of drug-likeness (QED) is 0.598. The van der Waals surface area contributed by atoms with E-state index in [4.69, 9.17) is 23.8 Å². The second-order valence-corrected chi connectivity index (χ2v) is 6.33. The predicted octanol–water partition coefficient (Wildman–Crippen LogP) is 2.42. The Bertz CT molecular complexity index is 704. The third-order valence-corrected chi connectivity index (χ3v) is 4.92. The first-order chi connectivity index (χ1) is 9.70. The molecule has 4 rings (SSSR count). The number of hydrogen-bond donors (Lipinski definition) is 1. The van der Waals surface area contributed by atoms with E-state index in [1.165, 1.54) is 19.3 Å². The van der Waals surface area contributed by atoms with E-state index in [1.807, 2.05) is 0 Å². The van der Waals surface area contributed by atoms with Crippen molar-refractivity contribution >= 4 is 40.0 Å². The molecule has 3 heterocycles. The molecular formula is C13H14ClN5S. The fraction of sp³-hybridized carbons (Fsp3) is 0.538. The van der Waals surface area contributed by atoms with Crippen LogP contribution in [0.1, 0.15) is 37.9 Å². The summed E-state index contributed by atoms with van der Waals surface area (Å²) < 4.78 is 2.22. The summed E-state index contributed by atoms with van der Waals surface area (Å²) >= 11 is 11.4. The molecule has 0 atom stereocenters. The van der Waals surface area contributed by atoms with Crippen LogP contribution in [-0.2, 0) is 5.54 Å². The van der Waals surface area contributed by atoms with E-state index in [2.05, 4.69) is 24.8 Å². The zero-order valence-corrected chi connectivity index (χ0v) is 12.5. The van der Waals surface area contributed by atoms with Crippen molar-refractivity contribution in [1.29, 1.82) is 0 Å². The van der Waals surface area contributed by atoms with Gasteiger partial charge in [0.2, 0.25) is 5.28 Å². The summed E-state index contributed by atoms with van der Waals surface area (Å²) in [6.45, 7) is 0.853. The predicted molar refractivity (Wildman–Crippen MR) is 81.1 cm³/mol. The van der Waals surface area contributed by atoms with Gasteiger partial charge in [-0.05, 0) is 24.4 Å². The molecule has 0 unspecified atom stereocenters. The number of imidazole rings is 1. The Labute approximate surface area is 126 Å². The lowest BCUT2D eigenvalue weighted by Crippen LogP contribution is -2.52. The van der Waals surface area contributed by atoms with Crippen LogP contribution in [0.4, 0.5) is 0 Å². The van der Waals surface area contributed by atoms with Gasteiger partial charge in [-0.15, -0.1) is 0 Å². The molecule has 5 nitrogen and oxygen atoms in total. The largest absolute Gasteiger partial charge is 0.371 e. The summed E-state index contributed by atoms with van der Waals surface area (Å²) in [5.74, 6) is 0.805. The zero-order valence-electron chi connectivity index (χ0n) is 10.9. The Morgan fingerprint density at radius 3 is 2.85 bits per heavy atom. The number of nitrogens with zero attached hydrogens (tertiary/aromatic N) is 4. The highest BCUT2D eigenvalue weighted by Crippen LogP contribution is 2.39. The molecule has 1 fully saturated rings. The van der Waals surface area contributed by atoms with E-state index in [-0.39, 0.29) is 10.8 Å². The molecule has 2 aromatic rings. The Hall–Kier alpha value is -1.27. The SMILES string of the molecule is S=C1NCC2(CCCCC2)n2c1nc1cnc(Cl)nc12. The summed E-state index contributed by atoms with van der Waals surface area (Å²) in [7, 11) is 0. The maximum atomic E-state index is 5.97. The molecule has 0 aromatic carbocycles. The summed E-state index contributed by atoms with van der Waals surface area (Å²) in [5, 5.41) is 3.60. The third-order valence-electron chi connectivity index (χ3n) is 4.41. The first-order valence-electron chi connectivity index (χ1n) is 6.89. The van der Waals surface area contributed by atoms with Gasteiger partial charge < -0.3 is 5.32 Å². The molecular weight excluding hydrogens is 294 g/mol. The Morgan fingerprint density at radius 2 is 2.05 bits per heavy atom. The lowest BCUT2D eigenvalue weighted by molar-refractivity contribution is 0.192. The Balaban J connectivity index is 2.01. The van der Waals surface area contributed by atoms with Crippen LogP contribution >= 0.6 is 23.8 Å². The highest BCUT2D eigenvalue weighted by molar-refractivity contribution is 7.80. The summed E-state index contributed by atoms with van der Waals surface area (Å²) in [6.07, 6.45) is 7.68. The van der Waals surface area contributed by atoms with E-state index in [1.54, 1.807) is 6.20 Å². The average molecular weight is 308 g/mol. The van der Waals surface area contributed by atoms with Crippen LogP contribution in [0.3, 0.4) is 0 Å². The van der Waals surface area contributed by atoms with E-state index in [9.17, 15) is 0 Å². The van der Waals surface area contributed by atoms with E-state index in [0.717, 1.165) is 36.4 Å². The van der Waals surface area contributed by atoms with E-state index in [0.29, 0.717) is 4.99 Å². The maximum absolute atomic E-state index is 5.97. The van der Waals surface area contributed by atoms with Crippen LogP contribution in [0.15, 0.2) is 6.20 Å². The van der Waals surface area contributed by atoms with Crippen LogP contribution in [0, 0.1) is 0 Å². The first kappa shape index (κ1) is 12.5. The smallest absolute Gasteiger partial charge is 0.224 e. The number of fused-ring (bicyclic) bond motifs is 4. The number of hydrogen-bond acceptors (Lipinski definition) is 4. The first-order valence-corrected chi connectivity index (χ1v) is 7.68. The number of rotatable bonds is 0. The molecule has 1 aliphatic heterocycles. The van der Waals surface area contributed by atoms with Gasteiger partial charge in [0, 0.05) is 6.54 Å². The van der Waals surface area contributed by atoms with Crippen molar-refractivity contribution in [3.05, 3.63) is 17.3 Å². The lowest BCUT2D eigenvalue weighted by atomic mass is 9.80. The van der Waals surface area contributed by atoms with Gasteiger partial charge in [-0.25, -0.2) is 9.97 Å². The monoisotopic (exact) mass is 307 g/mol. The van der Waals surface area contributed by atoms with Gasteiger partial charge in [0.05, 0.1) is 11.7 Å². The van der Waals surface area contributed by atoms with Crippen LogP contribution in [-0.4, -0.2) is 31.1 Å². The Morgan fingerprint density at radius 1 is 1.25 bits per heavy atom. The fourth-order valence-corrected chi connectivity index (χ4v) is 3.81. The second-order valence-electron chi connectivity index (χ2n) is 5.59. The topological polar surface area (TPSA) is 55.6 Å². The molecule has 0 saturated heterocycles. The zero-order chi connectivity index (χ0) is 13.7. The van der Waals surface area contributed by atoms with Crippen molar-refractivity contribution in [3.8, 4) is 0 Å². The van der Waals surface area contributed by atoms with Gasteiger partial charge in [-0.2, -0.15) is 4.98 Å². The molecule has 0 bridgehead atoms. The van der Waals surface area contributed by atoms with Crippen LogP contribution < -0.4 is 5.32 Å². The number of halogens is 1. The van der Waals surface area contributed by atoms with E-state index >= 15 is 0 Å². The normalized spacial score (nSPS) is 20.9. The summed E-state index contributed by atoms with van der Waals surface area (Å²) in [5.41, 5.74) is 1.61. The van der Waals surface area contributed by atoms with Crippen molar-refractivity contribution in [3.63, 3.8) is 0 Å². The minimum absolute atomic E-state index is 0.0301. The van der Waals surface area contributed by atoms with Crippen molar-refractivity contribution in [1.82, 2.24) is 24.8 Å². The van der Waals surface area contributed by atoms with Crippen LogP contribution in [0.5, 0.6) is 0 Å². The molecule has 2 aromatic heterocycles. The van der Waals surface area contributed by atoms with Gasteiger partial charge in [0.25, 0.3) is 0 Å². The molecule has 1 saturated carbocycles. The number of thiocarbonyl (C=S) groups is 1. The standard InChI is InChI=1S/C13H14ClN5S/c14-12-15-6-8-9(18-12)19-10(17-8)11(20)16-7-13(19)4-2-1-3-5-13/h6H,1-5,7H2,(H,16,20). The summed E-state index contributed by atoms with van der Waals surface area (Å²) in [4.78, 5) is 13.7. The minimum Gasteiger partial charge on any atom is -0.371 e. The number of nitrogens with one attached hydrogen (secondary N) is 1. The lowest BCUT2D eigenvalue weighted by Gasteiger charge is -2.42. The minimum atomic E-state index is 0.0301. The van der Waals surface area contributed by atoms with Crippen molar-refractivity contribution < 1.29 is 0 Å². The van der Waals surface area contributed by atoms with Gasteiger partial charge >= 0.3 is 0 Å². The molecule has 20 heavy (non-hydrogen) atoms. The maximum Gasteiger partial charge on any atom is 0.224 e. The van der Waals surface area contributed by atoms with Gasteiger partial charge in [0.1, 0.15) is 10.5 Å². The molecule has 0 amide bonds. The molecule has 1 aliphatic carbocycles. The van der Waals surface area contributed by atoms with Crippen LogP contribution in [0.25, 0.3) is 11.2 Å².